The van der Waals surface area contributed by atoms with Crippen molar-refractivity contribution < 1.29 is 14.3 Å². The molecular formula is C14H17ClN2O3. The van der Waals surface area contributed by atoms with E-state index in [4.69, 9.17) is 11.6 Å². The third kappa shape index (κ3) is 3.63. The van der Waals surface area contributed by atoms with Crippen molar-refractivity contribution in [2.75, 3.05) is 20.2 Å². The largest absolute Gasteiger partial charge is 0.453 e. The monoisotopic (exact) mass is 296 g/mol. The van der Waals surface area contributed by atoms with Crippen molar-refractivity contribution in [1.82, 2.24) is 10.2 Å². The van der Waals surface area contributed by atoms with Crippen molar-refractivity contribution >= 4 is 23.6 Å². The predicted molar refractivity (Wildman–Crippen MR) is 75.9 cm³/mol. The summed E-state index contributed by atoms with van der Waals surface area (Å²) in [6.07, 6.45) is 1.13. The molecule has 1 fully saturated rings. The lowest BCUT2D eigenvalue weighted by molar-refractivity contribution is 0.0892. The SMILES string of the molecule is COC(=O)N1CCC(NC(=O)c2cccc(Cl)c2)CC1. The summed E-state index contributed by atoms with van der Waals surface area (Å²) in [5.41, 5.74) is 0.549. The van der Waals surface area contributed by atoms with Crippen LogP contribution in [0.2, 0.25) is 5.02 Å². The summed E-state index contributed by atoms with van der Waals surface area (Å²) in [6.45, 7) is 1.18. The normalized spacial score (nSPS) is 15.8. The van der Waals surface area contributed by atoms with E-state index in [0.29, 0.717) is 23.7 Å². The number of likely N-dealkylation sites (tertiary alicyclic amines) is 1. The predicted octanol–water partition coefficient (Wildman–Crippen LogP) is 2.30. The Hall–Kier alpha value is -1.75. The molecule has 0 spiro atoms. The quantitative estimate of drug-likeness (QED) is 0.911. The molecule has 0 bridgehead atoms. The molecule has 5 nitrogen and oxygen atoms in total. The van der Waals surface area contributed by atoms with Gasteiger partial charge in [0.1, 0.15) is 0 Å². The van der Waals surface area contributed by atoms with Crippen LogP contribution >= 0.6 is 11.6 Å². The molecule has 1 N–H and O–H groups in total. The van der Waals surface area contributed by atoms with Crippen LogP contribution in [-0.2, 0) is 4.74 Å². The number of nitrogens with zero attached hydrogens (tertiary/aromatic N) is 1. The summed E-state index contributed by atoms with van der Waals surface area (Å²) in [7, 11) is 1.37. The first kappa shape index (κ1) is 14.7. The highest BCUT2D eigenvalue weighted by molar-refractivity contribution is 6.30. The molecule has 0 aliphatic carbocycles. The maximum absolute atomic E-state index is 12.1. The van der Waals surface area contributed by atoms with E-state index in [1.807, 2.05) is 0 Å². The molecule has 108 valence electrons. The second-order valence-corrected chi connectivity index (χ2v) is 5.15. The number of amides is 2. The summed E-state index contributed by atoms with van der Waals surface area (Å²) in [5, 5.41) is 3.50. The van der Waals surface area contributed by atoms with Crippen LogP contribution in [0.3, 0.4) is 0 Å². The van der Waals surface area contributed by atoms with Gasteiger partial charge in [0.05, 0.1) is 7.11 Å². The topological polar surface area (TPSA) is 58.6 Å². The highest BCUT2D eigenvalue weighted by Gasteiger charge is 2.24. The number of rotatable bonds is 2. The second-order valence-electron chi connectivity index (χ2n) is 4.72. The van der Waals surface area contributed by atoms with Crippen molar-refractivity contribution in [3.8, 4) is 0 Å². The van der Waals surface area contributed by atoms with Crippen LogP contribution in [0.25, 0.3) is 0 Å². The van der Waals surface area contributed by atoms with Gasteiger partial charge >= 0.3 is 6.09 Å². The molecule has 2 amide bonds. The molecule has 20 heavy (non-hydrogen) atoms. The van der Waals surface area contributed by atoms with Crippen LogP contribution < -0.4 is 5.32 Å². The number of hydrogen-bond acceptors (Lipinski definition) is 3. The van der Waals surface area contributed by atoms with Crippen molar-refractivity contribution in [3.05, 3.63) is 34.9 Å². The smallest absolute Gasteiger partial charge is 0.409 e. The second kappa shape index (κ2) is 6.61. The Morgan fingerprint density at radius 3 is 2.65 bits per heavy atom. The Balaban J connectivity index is 1.86. The number of halogens is 1. The van der Waals surface area contributed by atoms with Gasteiger partial charge in [-0.1, -0.05) is 17.7 Å². The first-order valence-corrected chi connectivity index (χ1v) is 6.87. The van der Waals surface area contributed by atoms with Gasteiger partial charge in [-0.3, -0.25) is 4.79 Å². The maximum atomic E-state index is 12.1. The number of ether oxygens (including phenoxy) is 1. The first-order valence-electron chi connectivity index (χ1n) is 6.49. The molecule has 6 heteroatoms. The Kier molecular flexibility index (Phi) is 4.84. The summed E-state index contributed by atoms with van der Waals surface area (Å²) in [5.74, 6) is -0.135. The van der Waals surface area contributed by atoms with Crippen molar-refractivity contribution in [1.29, 1.82) is 0 Å². The highest BCUT2D eigenvalue weighted by Crippen LogP contribution is 2.14. The summed E-state index contributed by atoms with van der Waals surface area (Å²) in [4.78, 5) is 25.1. The Bertz CT molecular complexity index is 499. The molecule has 0 radical (unpaired) electrons. The molecule has 1 aliphatic heterocycles. The van der Waals surface area contributed by atoms with E-state index in [1.165, 1.54) is 7.11 Å². The average Bonchev–Trinajstić information content (AvgIpc) is 2.47. The average molecular weight is 297 g/mol. The fraction of sp³-hybridized carbons (Fsp3) is 0.429. The van der Waals surface area contributed by atoms with E-state index in [9.17, 15) is 9.59 Å². The minimum Gasteiger partial charge on any atom is -0.453 e. The van der Waals surface area contributed by atoms with Crippen LogP contribution in [0.5, 0.6) is 0 Å². The Morgan fingerprint density at radius 2 is 2.05 bits per heavy atom. The minimum atomic E-state index is -0.315. The zero-order valence-electron chi connectivity index (χ0n) is 11.3. The number of carbonyl (C=O) groups excluding carboxylic acids is 2. The number of benzene rings is 1. The Labute approximate surface area is 122 Å². The van der Waals surface area contributed by atoms with E-state index >= 15 is 0 Å². The Morgan fingerprint density at radius 1 is 1.35 bits per heavy atom. The van der Waals surface area contributed by atoms with Crippen LogP contribution in [0.4, 0.5) is 4.79 Å². The molecular weight excluding hydrogens is 280 g/mol. The van der Waals surface area contributed by atoms with Crippen molar-refractivity contribution in [2.24, 2.45) is 0 Å². The van der Waals surface area contributed by atoms with E-state index in [2.05, 4.69) is 10.1 Å². The third-order valence-electron chi connectivity index (χ3n) is 3.35. The number of nitrogens with one attached hydrogen (secondary N) is 1. The van der Waals surface area contributed by atoms with Crippen LogP contribution in [0.1, 0.15) is 23.2 Å². The molecule has 2 rings (SSSR count). The van der Waals surface area contributed by atoms with Gasteiger partial charge < -0.3 is 15.0 Å². The fourth-order valence-corrected chi connectivity index (χ4v) is 2.42. The molecule has 0 atom stereocenters. The number of methoxy groups -OCH3 is 1. The van der Waals surface area contributed by atoms with Crippen LogP contribution in [-0.4, -0.2) is 43.1 Å². The van der Waals surface area contributed by atoms with Gasteiger partial charge in [0.2, 0.25) is 0 Å². The van der Waals surface area contributed by atoms with Gasteiger partial charge in [-0.15, -0.1) is 0 Å². The molecule has 0 unspecified atom stereocenters. The molecule has 1 aromatic carbocycles. The van der Waals surface area contributed by atoms with Crippen molar-refractivity contribution in [2.45, 2.75) is 18.9 Å². The maximum Gasteiger partial charge on any atom is 0.409 e. The third-order valence-corrected chi connectivity index (χ3v) is 3.58. The fourth-order valence-electron chi connectivity index (χ4n) is 2.23. The number of hydrogen-bond donors (Lipinski definition) is 1. The van der Waals surface area contributed by atoms with E-state index in [-0.39, 0.29) is 18.0 Å². The van der Waals surface area contributed by atoms with E-state index in [0.717, 1.165) is 12.8 Å². The van der Waals surface area contributed by atoms with Gasteiger partial charge in [0.25, 0.3) is 5.91 Å². The minimum absolute atomic E-state index is 0.0717. The van der Waals surface area contributed by atoms with Crippen molar-refractivity contribution in [3.63, 3.8) is 0 Å². The van der Waals surface area contributed by atoms with Crippen LogP contribution in [0, 0.1) is 0 Å². The van der Waals surface area contributed by atoms with Gasteiger partial charge in [0.15, 0.2) is 0 Å². The number of carbonyl (C=O) groups is 2. The molecule has 1 saturated heterocycles. The van der Waals surface area contributed by atoms with Gasteiger partial charge in [-0.05, 0) is 31.0 Å². The summed E-state index contributed by atoms with van der Waals surface area (Å²) in [6, 6.07) is 6.91. The lowest BCUT2D eigenvalue weighted by atomic mass is 10.0. The van der Waals surface area contributed by atoms with Gasteiger partial charge in [-0.2, -0.15) is 0 Å². The summed E-state index contributed by atoms with van der Waals surface area (Å²) < 4.78 is 4.67. The zero-order chi connectivity index (χ0) is 14.5. The van der Waals surface area contributed by atoms with E-state index < -0.39 is 0 Å². The zero-order valence-corrected chi connectivity index (χ0v) is 12.0. The molecule has 1 aromatic rings. The molecule has 1 heterocycles. The lowest BCUT2D eigenvalue weighted by Gasteiger charge is -2.31. The molecule has 0 saturated carbocycles. The van der Waals surface area contributed by atoms with E-state index in [1.54, 1.807) is 29.2 Å². The molecule has 0 aromatic heterocycles. The van der Waals surface area contributed by atoms with Crippen LogP contribution in [0.15, 0.2) is 24.3 Å². The summed E-state index contributed by atoms with van der Waals surface area (Å²) >= 11 is 5.86. The first-order chi connectivity index (χ1) is 9.60. The lowest BCUT2D eigenvalue weighted by Crippen LogP contribution is -2.46. The van der Waals surface area contributed by atoms with Gasteiger partial charge in [-0.25, -0.2) is 4.79 Å². The number of piperidine rings is 1. The standard InChI is InChI=1S/C14H17ClN2O3/c1-20-14(19)17-7-5-12(6-8-17)16-13(18)10-3-2-4-11(15)9-10/h2-4,9,12H,5-8H2,1H3,(H,16,18). The highest BCUT2D eigenvalue weighted by atomic mass is 35.5. The van der Waals surface area contributed by atoms with Gasteiger partial charge in [0, 0.05) is 29.7 Å². The molecule has 1 aliphatic rings.